The minimum Gasteiger partial charge on any atom is -0.411 e. The van der Waals surface area contributed by atoms with E-state index in [4.69, 9.17) is 4.42 Å². The van der Waals surface area contributed by atoms with Gasteiger partial charge in [0.2, 0.25) is 5.91 Å². The number of nitriles is 1. The number of nitrogens with zero attached hydrogens (tertiary/aromatic N) is 4. The maximum atomic E-state index is 12.9. The Morgan fingerprint density at radius 3 is 2.85 bits per heavy atom. The van der Waals surface area contributed by atoms with Crippen molar-refractivity contribution in [3.8, 4) is 17.5 Å². The summed E-state index contributed by atoms with van der Waals surface area (Å²) in [6.45, 7) is 3.97. The SMILES string of the molecule is Cc1c(C#N)c(NC(=O)CSc2nnc(-c3c[nH]c4ccccc34)o2)n(C2CCCCC2)c1C. The van der Waals surface area contributed by atoms with Crippen molar-refractivity contribution in [3.05, 3.63) is 47.3 Å². The van der Waals surface area contributed by atoms with E-state index in [-0.39, 0.29) is 11.7 Å². The van der Waals surface area contributed by atoms with Gasteiger partial charge in [-0.1, -0.05) is 49.2 Å². The molecular formula is C25H26N6O2S. The highest BCUT2D eigenvalue weighted by atomic mass is 32.2. The van der Waals surface area contributed by atoms with E-state index in [1.54, 1.807) is 0 Å². The van der Waals surface area contributed by atoms with E-state index in [1.807, 2.05) is 44.3 Å². The van der Waals surface area contributed by atoms with Crippen LogP contribution in [0.3, 0.4) is 0 Å². The van der Waals surface area contributed by atoms with E-state index in [0.29, 0.717) is 28.5 Å². The van der Waals surface area contributed by atoms with Crippen LogP contribution in [0.1, 0.15) is 55.0 Å². The Balaban J connectivity index is 1.30. The zero-order chi connectivity index (χ0) is 23.7. The van der Waals surface area contributed by atoms with Crippen molar-refractivity contribution in [3.63, 3.8) is 0 Å². The molecule has 0 radical (unpaired) electrons. The van der Waals surface area contributed by atoms with Crippen molar-refractivity contribution in [2.75, 3.05) is 11.1 Å². The zero-order valence-corrected chi connectivity index (χ0v) is 20.0. The third kappa shape index (κ3) is 4.10. The normalized spacial score (nSPS) is 14.4. The summed E-state index contributed by atoms with van der Waals surface area (Å²) in [7, 11) is 0. The van der Waals surface area contributed by atoms with E-state index in [0.717, 1.165) is 40.6 Å². The summed E-state index contributed by atoms with van der Waals surface area (Å²) < 4.78 is 7.97. The Kier molecular flexibility index (Phi) is 6.16. The predicted octanol–water partition coefficient (Wildman–Crippen LogP) is 5.74. The van der Waals surface area contributed by atoms with Gasteiger partial charge in [-0.2, -0.15) is 5.26 Å². The lowest BCUT2D eigenvalue weighted by molar-refractivity contribution is -0.113. The molecule has 34 heavy (non-hydrogen) atoms. The number of hydrogen-bond donors (Lipinski definition) is 2. The molecule has 4 aromatic rings. The molecular weight excluding hydrogens is 448 g/mol. The molecule has 1 aromatic carbocycles. The van der Waals surface area contributed by atoms with Gasteiger partial charge in [0.25, 0.3) is 11.1 Å². The number of para-hydroxylation sites is 1. The smallest absolute Gasteiger partial charge is 0.277 e. The van der Waals surface area contributed by atoms with Crippen molar-refractivity contribution in [2.24, 2.45) is 0 Å². The molecule has 1 saturated carbocycles. The Morgan fingerprint density at radius 2 is 2.06 bits per heavy atom. The van der Waals surface area contributed by atoms with Crippen LogP contribution in [0.15, 0.2) is 40.1 Å². The Hall–Kier alpha value is -3.51. The summed E-state index contributed by atoms with van der Waals surface area (Å²) in [5.74, 6) is 0.918. The summed E-state index contributed by atoms with van der Waals surface area (Å²) in [6.07, 6.45) is 7.55. The minimum atomic E-state index is -0.206. The molecule has 0 aliphatic heterocycles. The fraction of sp³-hybridized carbons (Fsp3) is 0.360. The highest BCUT2D eigenvalue weighted by Crippen LogP contribution is 2.37. The third-order valence-electron chi connectivity index (χ3n) is 6.62. The van der Waals surface area contributed by atoms with Crippen molar-refractivity contribution < 1.29 is 9.21 Å². The second-order valence-electron chi connectivity index (χ2n) is 8.67. The van der Waals surface area contributed by atoms with Gasteiger partial charge in [0.1, 0.15) is 11.9 Å². The molecule has 0 saturated heterocycles. The van der Waals surface area contributed by atoms with Crippen LogP contribution < -0.4 is 5.32 Å². The Bertz CT molecular complexity index is 1390. The summed E-state index contributed by atoms with van der Waals surface area (Å²) in [6, 6.07) is 10.5. The lowest BCUT2D eigenvalue weighted by atomic mass is 9.95. The van der Waals surface area contributed by atoms with Gasteiger partial charge >= 0.3 is 0 Å². The van der Waals surface area contributed by atoms with Gasteiger partial charge < -0.3 is 19.3 Å². The van der Waals surface area contributed by atoms with Gasteiger partial charge in [0.05, 0.1) is 16.9 Å². The first-order valence-electron chi connectivity index (χ1n) is 11.5. The van der Waals surface area contributed by atoms with E-state index < -0.39 is 0 Å². The topological polar surface area (TPSA) is 113 Å². The van der Waals surface area contributed by atoms with Crippen LogP contribution in [0.4, 0.5) is 5.82 Å². The molecule has 2 N–H and O–H groups in total. The van der Waals surface area contributed by atoms with Crippen LogP contribution in [0.2, 0.25) is 0 Å². The fourth-order valence-electron chi connectivity index (χ4n) is 4.80. The molecule has 0 unspecified atom stereocenters. The molecule has 1 amide bonds. The third-order valence-corrected chi connectivity index (χ3v) is 7.44. The van der Waals surface area contributed by atoms with Crippen LogP contribution in [0.5, 0.6) is 0 Å². The zero-order valence-electron chi connectivity index (χ0n) is 19.2. The van der Waals surface area contributed by atoms with Gasteiger partial charge in [0.15, 0.2) is 0 Å². The second kappa shape index (κ2) is 9.39. The summed E-state index contributed by atoms with van der Waals surface area (Å²) in [4.78, 5) is 16.1. The molecule has 1 aliphatic rings. The molecule has 3 aromatic heterocycles. The number of H-pyrrole nitrogens is 1. The molecule has 3 heterocycles. The summed E-state index contributed by atoms with van der Waals surface area (Å²) in [5.41, 5.74) is 4.34. The molecule has 8 nitrogen and oxygen atoms in total. The first-order valence-corrected chi connectivity index (χ1v) is 12.5. The number of benzene rings is 1. The maximum Gasteiger partial charge on any atom is 0.277 e. The Morgan fingerprint density at radius 1 is 1.26 bits per heavy atom. The average molecular weight is 475 g/mol. The molecule has 1 fully saturated rings. The number of fused-ring (bicyclic) bond motifs is 1. The number of rotatable bonds is 6. The largest absolute Gasteiger partial charge is 0.411 e. The van der Waals surface area contributed by atoms with Gasteiger partial charge in [-0.25, -0.2) is 0 Å². The average Bonchev–Trinajstić information content (AvgIpc) is 3.55. The number of thioether (sulfide) groups is 1. The monoisotopic (exact) mass is 474 g/mol. The fourth-order valence-corrected chi connectivity index (χ4v) is 5.37. The molecule has 174 valence electrons. The van der Waals surface area contributed by atoms with E-state index >= 15 is 0 Å². The van der Waals surface area contributed by atoms with Crippen LogP contribution in [0, 0.1) is 25.2 Å². The molecule has 5 rings (SSSR count). The highest BCUT2D eigenvalue weighted by molar-refractivity contribution is 7.99. The van der Waals surface area contributed by atoms with Crippen LogP contribution in [-0.2, 0) is 4.79 Å². The standard InChI is InChI=1S/C25H26N6O2S/c1-15-16(2)31(17-8-4-3-5-9-17)23(19(15)12-26)28-22(32)14-34-25-30-29-24(33-25)20-13-27-21-11-7-6-10-18(20)21/h6-7,10-11,13,17,27H,3-5,8-9,14H2,1-2H3,(H,28,32). The number of anilines is 1. The van der Waals surface area contributed by atoms with Crippen molar-refractivity contribution >= 4 is 34.4 Å². The van der Waals surface area contributed by atoms with Crippen molar-refractivity contribution in [2.45, 2.75) is 57.2 Å². The van der Waals surface area contributed by atoms with E-state index in [2.05, 4.69) is 31.1 Å². The quantitative estimate of drug-likeness (QED) is 0.344. The minimum absolute atomic E-state index is 0.105. The number of carbonyl (C=O) groups is 1. The second-order valence-corrected chi connectivity index (χ2v) is 9.59. The number of aromatic amines is 1. The Labute approximate surface area is 201 Å². The molecule has 0 spiro atoms. The number of aromatic nitrogens is 4. The highest BCUT2D eigenvalue weighted by Gasteiger charge is 2.26. The first-order chi connectivity index (χ1) is 16.6. The molecule has 0 atom stereocenters. The molecule has 0 bridgehead atoms. The maximum absolute atomic E-state index is 12.9. The van der Waals surface area contributed by atoms with Gasteiger partial charge in [-0.05, 0) is 38.3 Å². The number of nitrogens with one attached hydrogen (secondary N) is 2. The number of amides is 1. The lowest BCUT2D eigenvalue weighted by Crippen LogP contribution is -2.21. The van der Waals surface area contributed by atoms with Crippen molar-refractivity contribution in [1.29, 1.82) is 5.26 Å². The van der Waals surface area contributed by atoms with Gasteiger partial charge in [-0.3, -0.25) is 4.79 Å². The first kappa shape index (κ1) is 22.3. The lowest BCUT2D eigenvalue weighted by Gasteiger charge is -2.27. The van der Waals surface area contributed by atoms with Gasteiger partial charge in [-0.15, -0.1) is 10.2 Å². The predicted molar refractivity (Wildman–Crippen MR) is 132 cm³/mol. The van der Waals surface area contributed by atoms with E-state index in [9.17, 15) is 10.1 Å². The number of carbonyl (C=O) groups excluding carboxylic acids is 1. The summed E-state index contributed by atoms with van der Waals surface area (Å²) >= 11 is 1.18. The van der Waals surface area contributed by atoms with Crippen LogP contribution in [-0.4, -0.2) is 31.4 Å². The summed E-state index contributed by atoms with van der Waals surface area (Å²) in [5, 5.41) is 22.3. The number of hydrogen-bond acceptors (Lipinski definition) is 6. The van der Waals surface area contributed by atoms with E-state index in [1.165, 1.54) is 31.0 Å². The molecule has 1 aliphatic carbocycles. The molecule has 9 heteroatoms. The van der Waals surface area contributed by atoms with Crippen LogP contribution in [0.25, 0.3) is 22.4 Å². The van der Waals surface area contributed by atoms with Crippen molar-refractivity contribution in [1.82, 2.24) is 19.7 Å². The van der Waals surface area contributed by atoms with Crippen LogP contribution >= 0.6 is 11.8 Å². The van der Waals surface area contributed by atoms with Gasteiger partial charge in [0, 0.05) is 28.8 Å².